The van der Waals surface area contributed by atoms with E-state index in [9.17, 15) is 9.90 Å². The lowest BCUT2D eigenvalue weighted by molar-refractivity contribution is 0.0723. The number of aromatic nitrogens is 2. The van der Waals surface area contributed by atoms with Gasteiger partial charge in [-0.3, -0.25) is 9.89 Å². The van der Waals surface area contributed by atoms with Crippen molar-refractivity contribution >= 4 is 5.91 Å². The number of aromatic amines is 1. The summed E-state index contributed by atoms with van der Waals surface area (Å²) in [6, 6.07) is 15.2. The molecule has 0 saturated heterocycles. The molecule has 156 valence electrons. The summed E-state index contributed by atoms with van der Waals surface area (Å²) in [5, 5.41) is 17.7. The minimum Gasteiger partial charge on any atom is -0.507 e. The van der Waals surface area contributed by atoms with Gasteiger partial charge in [0.15, 0.2) is 0 Å². The third-order valence-electron chi connectivity index (χ3n) is 5.69. The Balaban J connectivity index is 1.81. The summed E-state index contributed by atoms with van der Waals surface area (Å²) in [4.78, 5) is 15.1. The molecule has 0 saturated carbocycles. The summed E-state index contributed by atoms with van der Waals surface area (Å²) in [5.74, 6) is 0.502. The van der Waals surface area contributed by atoms with Gasteiger partial charge in [-0.1, -0.05) is 50.2 Å². The van der Waals surface area contributed by atoms with Gasteiger partial charge in [-0.15, -0.1) is 0 Å². The second-order valence-corrected chi connectivity index (χ2v) is 7.95. The third kappa shape index (κ3) is 3.48. The number of para-hydroxylation sites is 1. The van der Waals surface area contributed by atoms with Crippen molar-refractivity contribution in [3.05, 3.63) is 70.9 Å². The van der Waals surface area contributed by atoms with Gasteiger partial charge in [0.1, 0.15) is 17.1 Å². The number of rotatable bonds is 7. The monoisotopic (exact) mass is 405 g/mol. The normalized spacial score (nSPS) is 15.8. The highest BCUT2D eigenvalue weighted by Gasteiger charge is 2.42. The van der Waals surface area contributed by atoms with Crippen LogP contribution in [0, 0.1) is 0 Å². The van der Waals surface area contributed by atoms with E-state index in [0.29, 0.717) is 36.0 Å². The Hall–Kier alpha value is -3.12. The van der Waals surface area contributed by atoms with Crippen molar-refractivity contribution in [2.24, 2.45) is 0 Å². The number of amides is 1. The van der Waals surface area contributed by atoms with Crippen LogP contribution in [0.4, 0.5) is 0 Å². The average Bonchev–Trinajstić information content (AvgIpc) is 3.28. The van der Waals surface area contributed by atoms with E-state index in [-0.39, 0.29) is 17.7 Å². The lowest BCUT2D eigenvalue weighted by Crippen LogP contribution is -2.31. The number of H-pyrrole nitrogens is 1. The molecule has 0 aliphatic carbocycles. The number of hydrogen-bond acceptors (Lipinski definition) is 4. The van der Waals surface area contributed by atoms with Gasteiger partial charge in [0.25, 0.3) is 5.91 Å². The van der Waals surface area contributed by atoms with Crippen LogP contribution in [0.15, 0.2) is 48.5 Å². The number of carbonyl (C=O) groups is 1. The van der Waals surface area contributed by atoms with Gasteiger partial charge in [0.05, 0.1) is 6.04 Å². The fourth-order valence-corrected chi connectivity index (χ4v) is 4.10. The minimum atomic E-state index is -0.265. The highest BCUT2D eigenvalue weighted by Crippen LogP contribution is 2.44. The van der Waals surface area contributed by atoms with Crippen LogP contribution < -0.4 is 0 Å². The molecule has 2 N–H and O–H groups in total. The van der Waals surface area contributed by atoms with Crippen molar-refractivity contribution in [1.29, 1.82) is 0 Å². The van der Waals surface area contributed by atoms with Gasteiger partial charge in [-0.05, 0) is 35.6 Å². The molecule has 0 radical (unpaired) electrons. The summed E-state index contributed by atoms with van der Waals surface area (Å²) >= 11 is 0. The smallest absolute Gasteiger partial charge is 0.273 e. The molecule has 1 aliphatic heterocycles. The summed E-state index contributed by atoms with van der Waals surface area (Å²) in [6.07, 6.45) is 0.743. The molecule has 0 fully saturated rings. The number of aromatic hydroxyl groups is 1. The number of hydrogen-bond donors (Lipinski definition) is 2. The molecular formula is C24H27N3O3. The number of fused-ring (bicyclic) bond motifs is 1. The largest absolute Gasteiger partial charge is 0.507 e. The number of nitrogens with one attached hydrogen (secondary N) is 1. The second kappa shape index (κ2) is 8.32. The summed E-state index contributed by atoms with van der Waals surface area (Å²) in [6.45, 7) is 5.48. The van der Waals surface area contributed by atoms with Crippen LogP contribution in [-0.2, 0) is 4.74 Å². The second-order valence-electron chi connectivity index (χ2n) is 7.95. The van der Waals surface area contributed by atoms with Crippen molar-refractivity contribution in [1.82, 2.24) is 15.1 Å². The zero-order chi connectivity index (χ0) is 21.3. The summed E-state index contributed by atoms with van der Waals surface area (Å²) in [7, 11) is 1.66. The number of methoxy groups -OCH3 is 1. The fraction of sp³-hybridized carbons (Fsp3) is 0.333. The van der Waals surface area contributed by atoms with E-state index in [1.807, 2.05) is 17.0 Å². The third-order valence-corrected chi connectivity index (χ3v) is 5.69. The van der Waals surface area contributed by atoms with Crippen LogP contribution in [0.1, 0.15) is 59.4 Å². The van der Waals surface area contributed by atoms with Crippen molar-refractivity contribution in [3.63, 3.8) is 0 Å². The number of ether oxygens (including phenoxy) is 1. The predicted octanol–water partition coefficient (Wildman–Crippen LogP) is 4.49. The van der Waals surface area contributed by atoms with Crippen LogP contribution in [0.5, 0.6) is 5.75 Å². The number of nitrogens with zero attached hydrogens (tertiary/aromatic N) is 2. The van der Waals surface area contributed by atoms with E-state index < -0.39 is 0 Å². The zero-order valence-corrected chi connectivity index (χ0v) is 17.6. The van der Waals surface area contributed by atoms with Gasteiger partial charge in [-0.2, -0.15) is 5.10 Å². The Morgan fingerprint density at radius 1 is 1.17 bits per heavy atom. The van der Waals surface area contributed by atoms with E-state index >= 15 is 0 Å². The van der Waals surface area contributed by atoms with Crippen molar-refractivity contribution in [3.8, 4) is 17.0 Å². The van der Waals surface area contributed by atoms with Gasteiger partial charge >= 0.3 is 0 Å². The van der Waals surface area contributed by atoms with E-state index in [4.69, 9.17) is 4.74 Å². The molecular weight excluding hydrogens is 378 g/mol. The maximum Gasteiger partial charge on any atom is 0.273 e. The molecule has 1 aromatic heterocycles. The van der Waals surface area contributed by atoms with Crippen molar-refractivity contribution in [2.45, 2.75) is 32.2 Å². The molecule has 1 atom stereocenters. The molecule has 30 heavy (non-hydrogen) atoms. The Morgan fingerprint density at radius 2 is 1.90 bits per heavy atom. The quantitative estimate of drug-likeness (QED) is 0.568. The van der Waals surface area contributed by atoms with Crippen molar-refractivity contribution < 1.29 is 14.6 Å². The molecule has 1 amide bonds. The lowest BCUT2D eigenvalue weighted by Gasteiger charge is -2.26. The van der Waals surface area contributed by atoms with E-state index in [1.165, 1.54) is 5.56 Å². The maximum absolute atomic E-state index is 13.2. The predicted molar refractivity (Wildman–Crippen MR) is 116 cm³/mol. The van der Waals surface area contributed by atoms with Gasteiger partial charge < -0.3 is 14.7 Å². The molecule has 1 unspecified atom stereocenters. The highest BCUT2D eigenvalue weighted by molar-refractivity contribution is 6.00. The molecule has 6 nitrogen and oxygen atoms in total. The average molecular weight is 405 g/mol. The SMILES string of the molecule is COCCCN1C(=O)c2[nH]nc(-c3ccccc3O)c2C1c1ccc(C(C)C)cc1. The van der Waals surface area contributed by atoms with Crippen LogP contribution in [0.25, 0.3) is 11.3 Å². The number of benzene rings is 2. The first-order valence-electron chi connectivity index (χ1n) is 10.3. The van der Waals surface area contributed by atoms with Crippen LogP contribution in [-0.4, -0.2) is 46.4 Å². The highest BCUT2D eigenvalue weighted by atomic mass is 16.5. The standard InChI is InChI=1S/C24H27N3O3/c1-15(2)16-9-11-17(12-10-16)23-20-21(18-7-4-5-8-19(18)28)25-26-22(20)24(29)27(23)13-6-14-30-3/h4-5,7-12,15,23,28H,6,13-14H2,1-3H3,(H,25,26). The van der Waals surface area contributed by atoms with E-state index in [2.05, 4.69) is 48.3 Å². The summed E-state index contributed by atoms with van der Waals surface area (Å²) in [5.41, 5.74) is 4.82. The number of phenols is 1. The van der Waals surface area contributed by atoms with Gasteiger partial charge in [0, 0.05) is 31.4 Å². The van der Waals surface area contributed by atoms with E-state index in [0.717, 1.165) is 17.5 Å². The Kier molecular flexibility index (Phi) is 5.59. The first-order chi connectivity index (χ1) is 14.5. The van der Waals surface area contributed by atoms with Crippen LogP contribution in [0.3, 0.4) is 0 Å². The zero-order valence-electron chi connectivity index (χ0n) is 17.6. The van der Waals surface area contributed by atoms with Crippen molar-refractivity contribution in [2.75, 3.05) is 20.3 Å². The fourth-order valence-electron chi connectivity index (χ4n) is 4.10. The van der Waals surface area contributed by atoms with Crippen LogP contribution >= 0.6 is 0 Å². The molecule has 0 spiro atoms. The Labute approximate surface area is 176 Å². The molecule has 1 aliphatic rings. The summed E-state index contributed by atoms with van der Waals surface area (Å²) < 4.78 is 5.20. The molecule has 4 rings (SSSR count). The first-order valence-corrected chi connectivity index (χ1v) is 10.3. The lowest BCUT2D eigenvalue weighted by atomic mass is 9.93. The molecule has 2 aromatic carbocycles. The van der Waals surface area contributed by atoms with Gasteiger partial charge in [0.2, 0.25) is 0 Å². The van der Waals surface area contributed by atoms with E-state index in [1.54, 1.807) is 19.2 Å². The number of carbonyl (C=O) groups excluding carboxylic acids is 1. The molecule has 0 bridgehead atoms. The topological polar surface area (TPSA) is 78.5 Å². The maximum atomic E-state index is 13.2. The molecule has 6 heteroatoms. The molecule has 3 aromatic rings. The Morgan fingerprint density at radius 3 is 2.57 bits per heavy atom. The Bertz CT molecular complexity index is 1040. The molecule has 2 heterocycles. The minimum absolute atomic E-state index is 0.0757. The van der Waals surface area contributed by atoms with Crippen LogP contribution in [0.2, 0.25) is 0 Å². The number of phenolic OH excluding ortho intramolecular Hbond substituents is 1. The first kappa shape index (κ1) is 20.2. The van der Waals surface area contributed by atoms with Gasteiger partial charge in [-0.25, -0.2) is 0 Å².